The van der Waals surface area contributed by atoms with E-state index in [1.165, 1.54) is 30.6 Å². The fourth-order valence-electron chi connectivity index (χ4n) is 2.35. The van der Waals surface area contributed by atoms with Crippen molar-refractivity contribution in [3.8, 4) is 0 Å². The van der Waals surface area contributed by atoms with Crippen LogP contribution in [-0.4, -0.2) is 39.0 Å². The summed E-state index contributed by atoms with van der Waals surface area (Å²) in [6, 6.07) is 3.78. The minimum absolute atomic E-state index is 0.260. The number of hydrogen-bond acceptors (Lipinski definition) is 4. The molecule has 1 N–H and O–H groups in total. The van der Waals surface area contributed by atoms with Gasteiger partial charge in [0, 0.05) is 17.5 Å². The van der Waals surface area contributed by atoms with Crippen molar-refractivity contribution >= 4 is 21.4 Å². The Kier molecular flexibility index (Phi) is 5.00. The summed E-state index contributed by atoms with van der Waals surface area (Å²) in [4.78, 5) is 3.38. The van der Waals surface area contributed by atoms with Gasteiger partial charge in [0.25, 0.3) is 0 Å². The average Bonchev–Trinajstić information content (AvgIpc) is 2.85. The van der Waals surface area contributed by atoms with Crippen molar-refractivity contribution in [1.29, 1.82) is 0 Å². The molecule has 0 amide bonds. The van der Waals surface area contributed by atoms with E-state index in [1.807, 2.05) is 13.0 Å². The van der Waals surface area contributed by atoms with Crippen LogP contribution < -0.4 is 4.72 Å². The van der Waals surface area contributed by atoms with Crippen molar-refractivity contribution < 1.29 is 8.42 Å². The second kappa shape index (κ2) is 6.35. The molecule has 1 atom stereocenters. The van der Waals surface area contributed by atoms with Crippen molar-refractivity contribution in [3.05, 3.63) is 17.0 Å². The van der Waals surface area contributed by atoms with Crippen LogP contribution in [0.2, 0.25) is 0 Å². The van der Waals surface area contributed by atoms with Crippen LogP contribution in [0.4, 0.5) is 0 Å². The van der Waals surface area contributed by atoms with Gasteiger partial charge in [-0.15, -0.1) is 11.3 Å². The zero-order chi connectivity index (χ0) is 13.9. The molecule has 0 aliphatic carbocycles. The van der Waals surface area contributed by atoms with Gasteiger partial charge >= 0.3 is 0 Å². The first-order chi connectivity index (χ1) is 8.99. The van der Waals surface area contributed by atoms with Crippen LogP contribution in [0.25, 0.3) is 0 Å². The van der Waals surface area contributed by atoms with E-state index in [0.717, 1.165) is 18.0 Å². The van der Waals surface area contributed by atoms with E-state index in [2.05, 4.69) is 16.5 Å². The molecule has 1 aliphatic rings. The van der Waals surface area contributed by atoms with Gasteiger partial charge in [-0.25, -0.2) is 13.1 Å². The lowest BCUT2D eigenvalue weighted by Crippen LogP contribution is -2.44. The third-order valence-corrected chi connectivity index (χ3v) is 6.48. The molecule has 0 bridgehead atoms. The second-order valence-corrected chi connectivity index (χ2v) is 8.44. The SMILES string of the molecule is Cc1ccc(S(=O)(=O)NCC(C)N2CCCCC2)s1. The van der Waals surface area contributed by atoms with Gasteiger partial charge in [-0.05, 0) is 51.9 Å². The largest absolute Gasteiger partial charge is 0.299 e. The molecule has 1 saturated heterocycles. The summed E-state index contributed by atoms with van der Waals surface area (Å²) < 4.78 is 27.4. The van der Waals surface area contributed by atoms with Gasteiger partial charge in [0.2, 0.25) is 10.0 Å². The topological polar surface area (TPSA) is 49.4 Å². The molecule has 19 heavy (non-hydrogen) atoms. The third kappa shape index (κ3) is 4.02. The Morgan fingerprint density at radius 3 is 2.58 bits per heavy atom. The molecule has 0 spiro atoms. The molecule has 1 aromatic rings. The fourth-order valence-corrected chi connectivity index (χ4v) is 4.80. The van der Waals surface area contributed by atoms with Gasteiger partial charge in [0.05, 0.1) is 0 Å². The van der Waals surface area contributed by atoms with Crippen LogP contribution in [0.15, 0.2) is 16.3 Å². The predicted molar refractivity (Wildman–Crippen MR) is 79.1 cm³/mol. The predicted octanol–water partition coefficient (Wildman–Crippen LogP) is 2.21. The average molecular weight is 302 g/mol. The molecular weight excluding hydrogens is 280 g/mol. The Bertz CT molecular complexity index is 504. The van der Waals surface area contributed by atoms with Crippen LogP contribution in [0.3, 0.4) is 0 Å². The Labute approximate surface area is 119 Å². The van der Waals surface area contributed by atoms with Crippen molar-refractivity contribution in [2.24, 2.45) is 0 Å². The third-order valence-electron chi connectivity index (χ3n) is 3.56. The molecule has 2 rings (SSSR count). The number of nitrogens with one attached hydrogen (secondary N) is 1. The molecule has 4 nitrogen and oxygen atoms in total. The van der Waals surface area contributed by atoms with E-state index < -0.39 is 10.0 Å². The smallest absolute Gasteiger partial charge is 0.250 e. The van der Waals surface area contributed by atoms with E-state index in [-0.39, 0.29) is 6.04 Å². The molecule has 1 fully saturated rings. The zero-order valence-electron chi connectivity index (χ0n) is 11.6. The molecule has 0 aromatic carbocycles. The van der Waals surface area contributed by atoms with Crippen molar-refractivity contribution in [3.63, 3.8) is 0 Å². The monoisotopic (exact) mass is 302 g/mol. The standard InChI is InChI=1S/C13H22N2O2S2/c1-11(15-8-4-3-5-9-15)10-14-19(16,17)13-7-6-12(2)18-13/h6-7,11,14H,3-5,8-10H2,1-2H3. The highest BCUT2D eigenvalue weighted by atomic mass is 32.2. The van der Waals surface area contributed by atoms with Crippen molar-refractivity contribution in [1.82, 2.24) is 9.62 Å². The van der Waals surface area contributed by atoms with Gasteiger partial charge in [0.15, 0.2) is 0 Å². The van der Waals surface area contributed by atoms with E-state index in [4.69, 9.17) is 0 Å². The number of sulfonamides is 1. The van der Waals surface area contributed by atoms with E-state index in [1.54, 1.807) is 6.07 Å². The first kappa shape index (κ1) is 15.0. The summed E-state index contributed by atoms with van der Waals surface area (Å²) in [6.07, 6.45) is 3.74. The van der Waals surface area contributed by atoms with Crippen molar-refractivity contribution in [2.45, 2.75) is 43.4 Å². The van der Waals surface area contributed by atoms with E-state index >= 15 is 0 Å². The first-order valence-corrected chi connectivity index (χ1v) is 9.09. The first-order valence-electron chi connectivity index (χ1n) is 6.79. The van der Waals surface area contributed by atoms with Gasteiger partial charge in [-0.1, -0.05) is 6.42 Å². The number of rotatable bonds is 5. The van der Waals surface area contributed by atoms with Gasteiger partial charge in [-0.3, -0.25) is 4.90 Å². The minimum atomic E-state index is -3.33. The summed E-state index contributed by atoms with van der Waals surface area (Å²) in [6.45, 7) is 6.66. The molecule has 2 heterocycles. The van der Waals surface area contributed by atoms with Crippen LogP contribution in [0.1, 0.15) is 31.1 Å². The lowest BCUT2D eigenvalue weighted by molar-refractivity contribution is 0.175. The van der Waals surface area contributed by atoms with Crippen LogP contribution >= 0.6 is 11.3 Å². The number of aryl methyl sites for hydroxylation is 1. The Morgan fingerprint density at radius 2 is 2.00 bits per heavy atom. The molecule has 0 radical (unpaired) electrons. The number of thiophene rings is 1. The highest BCUT2D eigenvalue weighted by molar-refractivity contribution is 7.91. The Morgan fingerprint density at radius 1 is 1.32 bits per heavy atom. The maximum atomic E-state index is 12.1. The van der Waals surface area contributed by atoms with Crippen LogP contribution in [0.5, 0.6) is 0 Å². The van der Waals surface area contributed by atoms with Crippen molar-refractivity contribution in [2.75, 3.05) is 19.6 Å². The molecule has 1 aromatic heterocycles. The summed E-state index contributed by atoms with van der Waals surface area (Å²) in [7, 11) is -3.33. The molecule has 6 heteroatoms. The quantitative estimate of drug-likeness (QED) is 0.907. The number of hydrogen-bond donors (Lipinski definition) is 1. The number of piperidine rings is 1. The number of likely N-dealkylation sites (tertiary alicyclic amines) is 1. The van der Waals surface area contributed by atoms with Gasteiger partial charge in [0.1, 0.15) is 4.21 Å². The maximum absolute atomic E-state index is 12.1. The second-order valence-electron chi connectivity index (χ2n) is 5.16. The summed E-state index contributed by atoms with van der Waals surface area (Å²) in [5.41, 5.74) is 0. The fraction of sp³-hybridized carbons (Fsp3) is 0.692. The lowest BCUT2D eigenvalue weighted by atomic mass is 10.1. The summed E-state index contributed by atoms with van der Waals surface area (Å²) in [5, 5.41) is 0. The minimum Gasteiger partial charge on any atom is -0.299 e. The highest BCUT2D eigenvalue weighted by Gasteiger charge is 2.20. The molecule has 108 valence electrons. The van der Waals surface area contributed by atoms with Gasteiger partial charge < -0.3 is 0 Å². The summed E-state index contributed by atoms with van der Waals surface area (Å²) in [5.74, 6) is 0. The summed E-state index contributed by atoms with van der Waals surface area (Å²) >= 11 is 1.32. The zero-order valence-corrected chi connectivity index (χ0v) is 13.2. The maximum Gasteiger partial charge on any atom is 0.250 e. The lowest BCUT2D eigenvalue weighted by Gasteiger charge is -2.32. The number of nitrogens with zero attached hydrogens (tertiary/aromatic N) is 1. The Hall–Kier alpha value is -0.430. The van der Waals surface area contributed by atoms with E-state index in [9.17, 15) is 8.42 Å². The highest BCUT2D eigenvalue weighted by Crippen LogP contribution is 2.20. The van der Waals surface area contributed by atoms with Crippen LogP contribution in [-0.2, 0) is 10.0 Å². The molecular formula is C13H22N2O2S2. The molecule has 1 unspecified atom stereocenters. The van der Waals surface area contributed by atoms with E-state index in [0.29, 0.717) is 10.8 Å². The molecule has 0 saturated carbocycles. The molecule has 1 aliphatic heterocycles. The normalized spacial score (nSPS) is 19.5. The Balaban J connectivity index is 1.90. The van der Waals surface area contributed by atoms with Crippen LogP contribution in [0, 0.1) is 6.92 Å². The van der Waals surface area contributed by atoms with Gasteiger partial charge in [-0.2, -0.15) is 0 Å².